The molecular weight excluding hydrogens is 1120 g/mol. The molecule has 6 heterocycles. The maximum absolute atomic E-state index is 14.2. The van der Waals surface area contributed by atoms with Crippen LogP contribution in [0, 0.1) is 18.8 Å². The Hall–Kier alpha value is -9.83. The Morgan fingerprint density at radius 2 is 1.42 bits per heavy atom. The van der Waals surface area contributed by atoms with Crippen LogP contribution in [0.1, 0.15) is 158 Å². The predicted octanol–water partition coefficient (Wildman–Crippen LogP) is 4.25. The van der Waals surface area contributed by atoms with Crippen LogP contribution in [0.15, 0.2) is 45.4 Å². The number of carbonyl (C=O) groups excluding carboxylic acids is 9. The summed E-state index contributed by atoms with van der Waals surface area (Å²) in [4.78, 5) is 153. The van der Waals surface area contributed by atoms with Gasteiger partial charge in [0.05, 0.1) is 35.7 Å². The summed E-state index contributed by atoms with van der Waals surface area (Å²) in [5, 5.41) is 19.8. The van der Waals surface area contributed by atoms with Gasteiger partial charge in [-0.05, 0) is 56.7 Å². The van der Waals surface area contributed by atoms with Gasteiger partial charge in [-0.2, -0.15) is 0 Å². The largest absolute Gasteiger partial charge is 0.491 e. The van der Waals surface area contributed by atoms with Gasteiger partial charge in [-0.1, -0.05) is 60.1 Å². The molecule has 0 radical (unpaired) electrons. The number of ether oxygens (including phenoxy) is 2. The molecule has 3 unspecified atom stereocenters. The number of rotatable bonds is 30. The van der Waals surface area contributed by atoms with E-state index in [2.05, 4.69) is 41.2 Å². The molecular formula is C57H70N14O15. The van der Waals surface area contributed by atoms with Crippen molar-refractivity contribution in [3.05, 3.63) is 82.4 Å². The number of oxazole rings is 2. The van der Waals surface area contributed by atoms with Crippen LogP contribution in [0.5, 0.6) is 5.75 Å². The van der Waals surface area contributed by atoms with E-state index in [1.54, 1.807) is 28.2 Å². The predicted molar refractivity (Wildman–Crippen MR) is 306 cm³/mol. The summed E-state index contributed by atoms with van der Waals surface area (Å²) < 4.78 is 26.5. The lowest BCUT2D eigenvalue weighted by Crippen LogP contribution is -2.53. The molecule has 458 valence electrons. The number of amides is 8. The van der Waals surface area contributed by atoms with Crippen LogP contribution in [-0.2, 0) is 59.4 Å². The molecule has 86 heavy (non-hydrogen) atoms. The molecule has 0 bridgehead atoms. The number of nitrogens with two attached hydrogens (primary N) is 2. The molecule has 6 aromatic rings. The van der Waals surface area contributed by atoms with Crippen molar-refractivity contribution in [3.63, 3.8) is 0 Å². The summed E-state index contributed by atoms with van der Waals surface area (Å²) in [6, 6.07) is 1.47. The molecule has 1 aliphatic heterocycles. The van der Waals surface area contributed by atoms with Crippen LogP contribution in [0.2, 0.25) is 0 Å². The fraction of sp³-hybridized carbons (Fsp3) is 0.456. The van der Waals surface area contributed by atoms with Crippen molar-refractivity contribution in [2.45, 2.75) is 138 Å². The van der Waals surface area contributed by atoms with Gasteiger partial charge < -0.3 is 50.1 Å². The first kappa shape index (κ1) is 63.7. The summed E-state index contributed by atoms with van der Waals surface area (Å²) in [7, 11) is 0. The Morgan fingerprint density at radius 1 is 0.791 bits per heavy atom. The first-order valence-electron chi connectivity index (χ1n) is 28.2. The van der Waals surface area contributed by atoms with Gasteiger partial charge in [0.25, 0.3) is 11.8 Å². The van der Waals surface area contributed by atoms with Crippen molar-refractivity contribution in [1.29, 1.82) is 0 Å². The highest BCUT2D eigenvalue weighted by Gasteiger charge is 2.42. The Bertz CT molecular complexity index is 3630. The average molecular weight is 1190 g/mol. The van der Waals surface area contributed by atoms with E-state index in [0.29, 0.717) is 43.0 Å². The molecule has 8 amide bonds. The SMILES string of the molecule is CCc1nc(C)oc1C(=O)Nc1nc2cc(C(N)=O)cnc2n1C/C=C/Cn1c(NC(=O)c2oc(C(C)CC)nc2CC)nc2cc(C(N)=O)cc(OCCCOC(=O)[C@H](C)NC(=O)[C@H](CCC(=O)O)NC(=O)CN3C(=O)CC(C(C)CC)C3=O)c21. The topological polar surface area (TPSA) is 413 Å². The number of hydrogen-bond donors (Lipinski definition) is 7. The molecule has 1 aromatic carbocycles. The number of pyridine rings is 1. The summed E-state index contributed by atoms with van der Waals surface area (Å²) in [5.41, 5.74) is 13.2. The number of esters is 1. The number of anilines is 2. The zero-order chi connectivity index (χ0) is 62.7. The zero-order valence-electron chi connectivity index (χ0n) is 48.9. The second-order valence-electron chi connectivity index (χ2n) is 20.6. The van der Waals surface area contributed by atoms with Crippen LogP contribution in [0.25, 0.3) is 22.2 Å². The quantitative estimate of drug-likeness (QED) is 0.0143. The minimum absolute atomic E-state index is 0.00511. The van der Waals surface area contributed by atoms with Crippen LogP contribution in [0.4, 0.5) is 11.9 Å². The first-order chi connectivity index (χ1) is 41.0. The van der Waals surface area contributed by atoms with E-state index in [9.17, 15) is 53.1 Å². The molecule has 29 heteroatoms. The number of primary amides is 2. The number of aliphatic carboxylic acids is 1. The normalized spacial score (nSPS) is 14.7. The van der Waals surface area contributed by atoms with Gasteiger partial charge in [-0.15, -0.1) is 0 Å². The van der Waals surface area contributed by atoms with Gasteiger partial charge in [-0.3, -0.25) is 63.3 Å². The highest BCUT2D eigenvalue weighted by molar-refractivity contribution is 6.07. The number of benzene rings is 1. The van der Waals surface area contributed by atoms with Crippen molar-refractivity contribution in [1.82, 2.24) is 49.6 Å². The van der Waals surface area contributed by atoms with Gasteiger partial charge in [0.2, 0.25) is 58.9 Å². The van der Waals surface area contributed by atoms with Gasteiger partial charge in [0.15, 0.2) is 17.4 Å². The Labute approximate surface area is 492 Å². The molecule has 9 N–H and O–H groups in total. The molecule has 0 saturated carbocycles. The number of carboxylic acid groups (broad SMARTS) is 1. The van der Waals surface area contributed by atoms with Crippen LogP contribution >= 0.6 is 0 Å². The van der Waals surface area contributed by atoms with E-state index in [4.69, 9.17) is 34.8 Å². The lowest BCUT2D eigenvalue weighted by Gasteiger charge is -2.22. The van der Waals surface area contributed by atoms with E-state index in [-0.39, 0.29) is 126 Å². The van der Waals surface area contributed by atoms with Crippen molar-refractivity contribution in [2.24, 2.45) is 23.3 Å². The minimum atomic E-state index is -1.46. The van der Waals surface area contributed by atoms with Gasteiger partial charge >= 0.3 is 11.9 Å². The molecule has 29 nitrogen and oxygen atoms in total. The maximum atomic E-state index is 14.2. The number of fused-ring (bicyclic) bond motifs is 2. The standard InChI is InChI=1S/C57H70N14O15/c1-9-28(5)34-25-42(73)71(54(34)81)27-41(72)63-37(16-17-43(74)75)50(78)61-30(7)55(82)84-21-15-20-83-40-24-32(47(58)76)22-38-44(40)69(56(65-38)67-52(80)46-36(12-4)64-53(86-46)29(6)10-2)18-13-14-19-70-49-39(23-33(26-60-49)48(59)77)66-57(70)68-51(79)45-35(11-3)62-31(8)85-45/h13-14,22-24,26,28-30,34,37H,9-12,15-21,25,27H2,1-8H3,(H2,58,76)(H2,59,77)(H,61,78)(H,63,72)(H,74,75)(H,65,67,80)(H,66,68,79)/b14-13+/t28?,29?,30-,34?,37-/m0/s1. The number of likely N-dealkylation sites (tertiary alicyclic amines) is 1. The fourth-order valence-electron chi connectivity index (χ4n) is 9.34. The fourth-order valence-corrected chi connectivity index (χ4v) is 9.34. The number of hydrogen-bond acceptors (Lipinski definition) is 19. The van der Waals surface area contributed by atoms with E-state index in [1.807, 2.05) is 41.5 Å². The van der Waals surface area contributed by atoms with Gasteiger partial charge in [0.1, 0.15) is 35.4 Å². The van der Waals surface area contributed by atoms with E-state index in [1.165, 1.54) is 31.3 Å². The summed E-state index contributed by atoms with van der Waals surface area (Å²) in [5.74, 6) is -7.95. The maximum Gasteiger partial charge on any atom is 0.328 e. The number of aryl methyl sites for hydroxylation is 3. The van der Waals surface area contributed by atoms with E-state index < -0.39 is 90.2 Å². The average Bonchev–Trinajstić information content (AvgIpc) is 4.44. The third-order valence-corrected chi connectivity index (χ3v) is 14.5. The monoisotopic (exact) mass is 1190 g/mol. The van der Waals surface area contributed by atoms with Crippen molar-refractivity contribution in [2.75, 3.05) is 30.4 Å². The number of nitrogens with zero attached hydrogens (tertiary/aromatic N) is 8. The smallest absolute Gasteiger partial charge is 0.328 e. The number of aromatic nitrogens is 7. The number of allylic oxidation sites excluding steroid dienone is 2. The molecule has 7 rings (SSSR count). The summed E-state index contributed by atoms with van der Waals surface area (Å²) in [6.45, 7) is 13.1. The number of carbonyl (C=O) groups is 10. The van der Waals surface area contributed by atoms with Gasteiger partial charge in [0, 0.05) is 62.9 Å². The molecule has 1 saturated heterocycles. The Balaban J connectivity index is 1.10. The molecule has 1 aliphatic rings. The third-order valence-electron chi connectivity index (χ3n) is 14.5. The minimum Gasteiger partial charge on any atom is -0.491 e. The highest BCUT2D eigenvalue weighted by atomic mass is 16.5. The summed E-state index contributed by atoms with van der Waals surface area (Å²) >= 11 is 0. The lowest BCUT2D eigenvalue weighted by atomic mass is 9.90. The number of imide groups is 1. The second kappa shape index (κ2) is 28.2. The van der Waals surface area contributed by atoms with E-state index >= 15 is 0 Å². The first-order valence-corrected chi connectivity index (χ1v) is 28.2. The zero-order valence-corrected chi connectivity index (χ0v) is 48.9. The van der Waals surface area contributed by atoms with Crippen LogP contribution < -0.4 is 37.5 Å². The van der Waals surface area contributed by atoms with E-state index in [0.717, 1.165) is 4.90 Å². The number of imidazole rings is 2. The van der Waals surface area contributed by atoms with Gasteiger partial charge in [-0.25, -0.2) is 29.7 Å². The van der Waals surface area contributed by atoms with Crippen LogP contribution in [-0.4, -0.2) is 135 Å². The van der Waals surface area contributed by atoms with Crippen molar-refractivity contribution < 1.29 is 71.4 Å². The molecule has 1 fully saturated rings. The van der Waals surface area contributed by atoms with Crippen LogP contribution in [0.3, 0.4) is 0 Å². The highest BCUT2D eigenvalue weighted by Crippen LogP contribution is 2.33. The van der Waals surface area contributed by atoms with Crippen molar-refractivity contribution >= 4 is 93.3 Å². The second-order valence-corrected chi connectivity index (χ2v) is 20.6. The van der Waals surface area contributed by atoms with Crippen molar-refractivity contribution in [3.8, 4) is 5.75 Å². The number of carboxylic acids is 1. The Kier molecular flexibility index (Phi) is 20.9. The summed E-state index contributed by atoms with van der Waals surface area (Å²) in [6.07, 6.45) is 5.87. The molecule has 0 spiro atoms. The Morgan fingerprint density at radius 3 is 2.06 bits per heavy atom. The lowest BCUT2D eigenvalue weighted by molar-refractivity contribution is -0.148. The number of nitrogens with one attached hydrogen (secondary N) is 4. The third kappa shape index (κ3) is 14.9. The molecule has 5 aromatic heterocycles. The molecule has 5 atom stereocenters. The molecule has 0 aliphatic carbocycles.